The maximum absolute atomic E-state index is 9.91. The van der Waals surface area contributed by atoms with Crippen LogP contribution in [0.5, 0.6) is 0 Å². The van der Waals surface area contributed by atoms with Gasteiger partial charge in [0.2, 0.25) is 0 Å². The van der Waals surface area contributed by atoms with E-state index < -0.39 is 5.60 Å². The van der Waals surface area contributed by atoms with E-state index in [-0.39, 0.29) is 22.9 Å². The zero-order chi connectivity index (χ0) is 25.6. The first-order valence-corrected chi connectivity index (χ1v) is 11.8. The molecule has 1 fully saturated rings. The second kappa shape index (κ2) is 11.4. The first-order chi connectivity index (χ1) is 16.7. The van der Waals surface area contributed by atoms with Crippen molar-refractivity contribution in [2.45, 2.75) is 25.5 Å². The number of rotatable bonds is 8. The topological polar surface area (TPSA) is 101 Å². The van der Waals surface area contributed by atoms with Crippen LogP contribution in [0.1, 0.15) is 25.5 Å². The molecule has 0 spiro atoms. The number of ether oxygens (including phenoxy) is 1. The Balaban J connectivity index is 1.97. The molecule has 0 radical (unpaired) electrons. The minimum Gasteiger partial charge on any atom is -0.762 e. The van der Waals surface area contributed by atoms with Gasteiger partial charge in [0.15, 0.2) is 5.76 Å². The van der Waals surface area contributed by atoms with E-state index in [1.54, 1.807) is 0 Å². The third kappa shape index (κ3) is 6.19. The van der Waals surface area contributed by atoms with Gasteiger partial charge in [0.25, 0.3) is 0 Å². The van der Waals surface area contributed by atoms with Gasteiger partial charge in [-0.2, -0.15) is 10.5 Å². The van der Waals surface area contributed by atoms with E-state index >= 15 is 0 Å². The van der Waals surface area contributed by atoms with E-state index in [1.165, 1.54) is 5.69 Å². The Kier molecular flexibility index (Phi) is 8.51. The minimum absolute atomic E-state index is 0.0613. The molecule has 8 nitrogen and oxygen atoms in total. The molecule has 0 aliphatic carbocycles. The molecular formula is C27H34N7O-. The Morgan fingerprint density at radius 2 is 1.86 bits per heavy atom. The second-order valence-corrected chi connectivity index (χ2v) is 9.72. The van der Waals surface area contributed by atoms with Gasteiger partial charge in [-0.1, -0.05) is 18.2 Å². The largest absolute Gasteiger partial charge is 0.762 e. The summed E-state index contributed by atoms with van der Waals surface area (Å²) >= 11 is 0. The number of likely N-dealkylation sites (N-methyl/N-ethyl adjacent to an activating group) is 2. The highest BCUT2D eigenvalue weighted by molar-refractivity contribution is 5.75. The molecule has 0 amide bonds. The molecule has 1 N–H and O–H groups in total. The number of nitriles is 2. The Morgan fingerprint density at radius 1 is 1.20 bits per heavy atom. The van der Waals surface area contributed by atoms with E-state index in [0.29, 0.717) is 5.57 Å². The quantitative estimate of drug-likeness (QED) is 0.459. The van der Waals surface area contributed by atoms with Gasteiger partial charge in [-0.3, -0.25) is 0 Å². The third-order valence-corrected chi connectivity index (χ3v) is 6.44. The van der Waals surface area contributed by atoms with Crippen LogP contribution in [0.4, 0.5) is 5.69 Å². The molecule has 1 aromatic rings. The molecule has 35 heavy (non-hydrogen) atoms. The number of anilines is 1. The average molecular weight is 473 g/mol. The molecule has 2 heterocycles. The normalized spacial score (nSPS) is 19.8. The summed E-state index contributed by atoms with van der Waals surface area (Å²) in [6, 6.07) is 12.4. The summed E-state index contributed by atoms with van der Waals surface area (Å²) in [6.45, 7) is 9.41. The van der Waals surface area contributed by atoms with E-state index in [0.717, 1.165) is 44.8 Å². The number of nitrogens with one attached hydrogen (secondary N) is 1. The average Bonchev–Trinajstić information content (AvgIpc) is 3.09. The second-order valence-electron chi connectivity index (χ2n) is 9.72. The number of nitrogens with zero attached hydrogens (tertiary/aromatic N) is 6. The van der Waals surface area contributed by atoms with Crippen LogP contribution in [0.15, 0.2) is 52.8 Å². The van der Waals surface area contributed by atoms with Crippen LogP contribution in [-0.4, -0.2) is 81.7 Å². The number of hydrogen-bond donors (Lipinski definition) is 1. The molecular weight excluding hydrogens is 438 g/mol. The molecule has 1 atom stereocenters. The monoisotopic (exact) mass is 472 g/mol. The Bertz CT molecular complexity index is 1100. The number of benzene rings is 1. The SMILES string of the molecule is CN(C)CCNC(/C=C1/C(C#N)=C(C(=C=[N-])C#N)OC1(C)C)c1ccc(N2CCN(C)CC2)cc1. The molecule has 1 unspecified atom stereocenters. The van der Waals surface area contributed by atoms with Crippen molar-refractivity contribution in [1.82, 2.24) is 15.1 Å². The van der Waals surface area contributed by atoms with E-state index in [9.17, 15) is 15.9 Å². The predicted octanol–water partition coefficient (Wildman–Crippen LogP) is 2.83. The highest BCUT2D eigenvalue weighted by Crippen LogP contribution is 2.42. The van der Waals surface area contributed by atoms with E-state index in [1.807, 2.05) is 46.0 Å². The standard InChI is InChI=1S/C27H34N7O/c1-27(2)24(23(19-30)26(35-27)21(17-28)18-29)16-25(31-10-11-32(3)4)20-6-8-22(9-7-20)34-14-12-33(5)13-15-34/h6-9,16,25,31H,10-15H2,1-5H3/q-1/b24-16-. The number of hydrogen-bond acceptors (Lipinski definition) is 7. The smallest absolute Gasteiger partial charge is 0.162 e. The maximum Gasteiger partial charge on any atom is 0.162 e. The van der Waals surface area contributed by atoms with E-state index in [4.69, 9.17) is 4.74 Å². The summed E-state index contributed by atoms with van der Waals surface area (Å²) in [5.41, 5.74) is 2.14. The van der Waals surface area contributed by atoms with Gasteiger partial charge < -0.3 is 30.2 Å². The summed E-state index contributed by atoms with van der Waals surface area (Å²) in [5, 5.41) is 32.2. The molecule has 1 saturated heterocycles. The highest BCUT2D eigenvalue weighted by atomic mass is 16.5. The fraction of sp³-hybridized carbons (Fsp3) is 0.481. The van der Waals surface area contributed by atoms with Crippen molar-refractivity contribution in [3.8, 4) is 12.1 Å². The highest BCUT2D eigenvalue weighted by Gasteiger charge is 2.40. The van der Waals surface area contributed by atoms with Crippen LogP contribution in [-0.2, 0) is 4.74 Å². The molecule has 184 valence electrons. The van der Waals surface area contributed by atoms with Crippen molar-refractivity contribution >= 4 is 11.6 Å². The molecule has 0 saturated carbocycles. The minimum atomic E-state index is -0.847. The van der Waals surface area contributed by atoms with Crippen LogP contribution in [0.25, 0.3) is 5.41 Å². The molecule has 2 aliphatic heterocycles. The molecule has 0 aromatic heterocycles. The lowest BCUT2D eigenvalue weighted by Gasteiger charge is -2.34. The summed E-state index contributed by atoms with van der Waals surface area (Å²) in [4.78, 5) is 6.84. The van der Waals surface area contributed by atoms with Gasteiger partial charge >= 0.3 is 0 Å². The van der Waals surface area contributed by atoms with Gasteiger partial charge in [0.05, 0.1) is 6.04 Å². The lowest BCUT2D eigenvalue weighted by molar-refractivity contribution is 0.0949. The molecule has 8 heteroatoms. The van der Waals surface area contributed by atoms with Crippen molar-refractivity contribution in [3.05, 3.63) is 63.8 Å². The van der Waals surface area contributed by atoms with Crippen LogP contribution in [0.2, 0.25) is 0 Å². The van der Waals surface area contributed by atoms with Crippen LogP contribution < -0.4 is 10.2 Å². The Hall–Kier alpha value is -3.39. The van der Waals surface area contributed by atoms with Crippen molar-refractivity contribution in [2.75, 3.05) is 65.3 Å². The first kappa shape index (κ1) is 26.2. The maximum atomic E-state index is 9.91. The van der Waals surface area contributed by atoms with Gasteiger partial charge in [-0.15, -0.1) is 0 Å². The summed E-state index contributed by atoms with van der Waals surface area (Å²) < 4.78 is 5.96. The Morgan fingerprint density at radius 3 is 2.40 bits per heavy atom. The molecule has 1 aromatic carbocycles. The van der Waals surface area contributed by atoms with E-state index in [2.05, 4.69) is 57.4 Å². The third-order valence-electron chi connectivity index (χ3n) is 6.44. The van der Waals surface area contributed by atoms with Crippen LogP contribution >= 0.6 is 0 Å². The molecule has 0 bridgehead atoms. The summed E-state index contributed by atoms with van der Waals surface area (Å²) in [6.07, 6.45) is 2.00. The number of piperazine rings is 1. The van der Waals surface area contributed by atoms with Crippen molar-refractivity contribution in [2.24, 2.45) is 0 Å². The lowest BCUT2D eigenvalue weighted by atomic mass is 9.90. The number of allylic oxidation sites excluding steroid dienone is 1. The lowest BCUT2D eigenvalue weighted by Crippen LogP contribution is -2.44. The Labute approximate surface area is 208 Å². The molecule has 2 aliphatic rings. The summed E-state index contributed by atoms with van der Waals surface area (Å²) in [5.74, 6) is 1.92. The van der Waals surface area contributed by atoms with Crippen molar-refractivity contribution in [3.63, 3.8) is 0 Å². The zero-order valence-electron chi connectivity index (χ0n) is 21.3. The van der Waals surface area contributed by atoms with Gasteiger partial charge in [-0.05, 0) is 52.7 Å². The first-order valence-electron chi connectivity index (χ1n) is 11.8. The zero-order valence-corrected chi connectivity index (χ0v) is 21.3. The fourth-order valence-electron chi connectivity index (χ4n) is 4.32. The van der Waals surface area contributed by atoms with Gasteiger partial charge in [0, 0.05) is 50.5 Å². The predicted molar refractivity (Wildman–Crippen MR) is 139 cm³/mol. The van der Waals surface area contributed by atoms with Crippen molar-refractivity contribution < 1.29 is 4.74 Å². The van der Waals surface area contributed by atoms with Crippen LogP contribution in [0, 0.1) is 22.7 Å². The van der Waals surface area contributed by atoms with Gasteiger partial charge in [-0.25, -0.2) is 5.87 Å². The van der Waals surface area contributed by atoms with Crippen LogP contribution in [0.3, 0.4) is 0 Å². The molecule has 3 rings (SSSR count). The van der Waals surface area contributed by atoms with Crippen molar-refractivity contribution in [1.29, 1.82) is 10.5 Å². The summed E-state index contributed by atoms with van der Waals surface area (Å²) in [7, 11) is 6.20. The van der Waals surface area contributed by atoms with Gasteiger partial charge in [0.1, 0.15) is 28.9 Å². The fourth-order valence-corrected chi connectivity index (χ4v) is 4.32.